The summed E-state index contributed by atoms with van der Waals surface area (Å²) in [6.07, 6.45) is 5.30. The standard InChI is InChI=1S/C16H32N2S/c1-13-5-6-16(12-17,14(2)11-13)18-8-7-15(3,4)19-10-9-18/h13-14H,5-12,17H2,1-4H3. The van der Waals surface area contributed by atoms with Crippen molar-refractivity contribution in [3.63, 3.8) is 0 Å². The van der Waals surface area contributed by atoms with E-state index in [1.165, 1.54) is 44.5 Å². The molecule has 3 atom stereocenters. The highest BCUT2D eigenvalue weighted by atomic mass is 32.2. The van der Waals surface area contributed by atoms with E-state index in [0.717, 1.165) is 18.4 Å². The number of nitrogens with two attached hydrogens (primary N) is 1. The first kappa shape index (κ1) is 15.7. The van der Waals surface area contributed by atoms with Crippen molar-refractivity contribution in [3.05, 3.63) is 0 Å². The molecule has 0 aromatic rings. The Hall–Kier alpha value is 0.270. The van der Waals surface area contributed by atoms with Crippen molar-refractivity contribution in [1.29, 1.82) is 0 Å². The smallest absolute Gasteiger partial charge is 0.0357 e. The van der Waals surface area contributed by atoms with Crippen LogP contribution in [0.15, 0.2) is 0 Å². The number of hydrogen-bond donors (Lipinski definition) is 1. The van der Waals surface area contributed by atoms with Gasteiger partial charge in [0.15, 0.2) is 0 Å². The first-order valence-corrected chi connectivity index (χ1v) is 8.97. The summed E-state index contributed by atoms with van der Waals surface area (Å²) in [7, 11) is 0. The van der Waals surface area contributed by atoms with Gasteiger partial charge in [-0.15, -0.1) is 0 Å². The second-order valence-electron chi connectivity index (χ2n) is 7.43. The minimum Gasteiger partial charge on any atom is -0.329 e. The molecule has 0 bridgehead atoms. The number of hydrogen-bond acceptors (Lipinski definition) is 3. The Morgan fingerprint density at radius 2 is 1.95 bits per heavy atom. The molecule has 1 aliphatic carbocycles. The quantitative estimate of drug-likeness (QED) is 0.843. The minimum atomic E-state index is 0.285. The van der Waals surface area contributed by atoms with E-state index in [9.17, 15) is 0 Å². The Balaban J connectivity index is 2.12. The van der Waals surface area contributed by atoms with Crippen LogP contribution in [0.2, 0.25) is 0 Å². The SMILES string of the molecule is CC1CCC(CN)(N2CCSC(C)(C)CC2)C(C)C1. The van der Waals surface area contributed by atoms with Gasteiger partial charge >= 0.3 is 0 Å². The van der Waals surface area contributed by atoms with Gasteiger partial charge in [-0.05, 0) is 37.5 Å². The van der Waals surface area contributed by atoms with Gasteiger partial charge in [0, 0.05) is 35.7 Å². The Bertz CT molecular complexity index is 305. The van der Waals surface area contributed by atoms with Crippen molar-refractivity contribution >= 4 is 11.8 Å². The topological polar surface area (TPSA) is 29.3 Å². The maximum atomic E-state index is 6.28. The molecule has 0 aromatic heterocycles. The molecule has 2 aliphatic rings. The molecule has 3 unspecified atom stereocenters. The summed E-state index contributed by atoms with van der Waals surface area (Å²) < 4.78 is 0.440. The van der Waals surface area contributed by atoms with Crippen molar-refractivity contribution in [2.75, 3.05) is 25.4 Å². The third-order valence-corrected chi connectivity index (χ3v) is 6.94. The summed E-state index contributed by atoms with van der Waals surface area (Å²) in [6.45, 7) is 12.9. The first-order valence-electron chi connectivity index (χ1n) is 7.99. The van der Waals surface area contributed by atoms with Crippen LogP contribution in [-0.2, 0) is 0 Å². The fourth-order valence-electron chi connectivity index (χ4n) is 4.05. The predicted octanol–water partition coefficient (Wildman–Crippen LogP) is 3.36. The second kappa shape index (κ2) is 5.95. The molecule has 1 aliphatic heterocycles. The Morgan fingerprint density at radius 1 is 1.21 bits per heavy atom. The van der Waals surface area contributed by atoms with Gasteiger partial charge in [0.05, 0.1) is 0 Å². The Morgan fingerprint density at radius 3 is 2.58 bits per heavy atom. The average Bonchev–Trinajstić information content (AvgIpc) is 2.52. The Labute approximate surface area is 123 Å². The molecule has 2 fully saturated rings. The largest absolute Gasteiger partial charge is 0.329 e. The van der Waals surface area contributed by atoms with Crippen LogP contribution >= 0.6 is 11.8 Å². The lowest BCUT2D eigenvalue weighted by molar-refractivity contribution is 0.00334. The molecule has 2 N–H and O–H groups in total. The third-order valence-electron chi connectivity index (χ3n) is 5.56. The van der Waals surface area contributed by atoms with Crippen LogP contribution in [0.3, 0.4) is 0 Å². The monoisotopic (exact) mass is 284 g/mol. The first-order chi connectivity index (χ1) is 8.89. The van der Waals surface area contributed by atoms with E-state index in [4.69, 9.17) is 5.73 Å². The van der Waals surface area contributed by atoms with Crippen molar-refractivity contribution in [2.45, 2.75) is 63.7 Å². The highest BCUT2D eigenvalue weighted by Crippen LogP contribution is 2.42. The second-order valence-corrected chi connectivity index (χ2v) is 9.24. The van der Waals surface area contributed by atoms with E-state index in [1.807, 2.05) is 0 Å². The predicted molar refractivity (Wildman–Crippen MR) is 86.7 cm³/mol. The summed E-state index contributed by atoms with van der Waals surface area (Å²) in [5, 5.41) is 0. The fourth-order valence-corrected chi connectivity index (χ4v) is 5.15. The molecule has 1 saturated carbocycles. The van der Waals surface area contributed by atoms with Crippen LogP contribution in [0, 0.1) is 11.8 Å². The summed E-state index contributed by atoms with van der Waals surface area (Å²) in [5.74, 6) is 2.89. The molecular formula is C16H32N2S. The van der Waals surface area contributed by atoms with Gasteiger partial charge < -0.3 is 5.73 Å². The van der Waals surface area contributed by atoms with Crippen molar-refractivity contribution in [2.24, 2.45) is 17.6 Å². The Kier molecular flexibility index (Phi) is 4.90. The molecule has 2 rings (SSSR count). The molecule has 0 radical (unpaired) electrons. The van der Waals surface area contributed by atoms with E-state index >= 15 is 0 Å². The number of rotatable bonds is 2. The lowest BCUT2D eigenvalue weighted by Crippen LogP contribution is -2.60. The molecule has 3 heteroatoms. The molecule has 1 heterocycles. The highest BCUT2D eigenvalue weighted by Gasteiger charge is 2.44. The lowest BCUT2D eigenvalue weighted by Gasteiger charge is -2.51. The van der Waals surface area contributed by atoms with Crippen LogP contribution in [0.5, 0.6) is 0 Å². The molecule has 0 spiro atoms. The van der Waals surface area contributed by atoms with Gasteiger partial charge in [-0.2, -0.15) is 11.8 Å². The molecule has 0 aromatic carbocycles. The van der Waals surface area contributed by atoms with Crippen molar-refractivity contribution < 1.29 is 0 Å². The molecule has 112 valence electrons. The molecule has 2 nitrogen and oxygen atoms in total. The van der Waals surface area contributed by atoms with Crippen LogP contribution in [0.4, 0.5) is 0 Å². The van der Waals surface area contributed by atoms with Crippen LogP contribution in [0.1, 0.15) is 53.4 Å². The number of thioether (sulfide) groups is 1. The maximum Gasteiger partial charge on any atom is 0.0357 e. The van der Waals surface area contributed by atoms with Crippen molar-refractivity contribution in [3.8, 4) is 0 Å². The summed E-state index contributed by atoms with van der Waals surface area (Å²) in [5.41, 5.74) is 6.56. The maximum absolute atomic E-state index is 6.28. The number of nitrogens with zero attached hydrogens (tertiary/aromatic N) is 1. The van der Waals surface area contributed by atoms with Crippen molar-refractivity contribution in [1.82, 2.24) is 4.90 Å². The highest BCUT2D eigenvalue weighted by molar-refractivity contribution is 8.00. The normalized spacial score (nSPS) is 40.9. The third kappa shape index (κ3) is 3.30. The van der Waals surface area contributed by atoms with E-state index in [2.05, 4.69) is 44.4 Å². The van der Waals surface area contributed by atoms with E-state index in [1.54, 1.807) is 0 Å². The van der Waals surface area contributed by atoms with E-state index in [-0.39, 0.29) is 5.54 Å². The minimum absolute atomic E-state index is 0.285. The van der Waals surface area contributed by atoms with Gasteiger partial charge in [-0.1, -0.05) is 27.7 Å². The zero-order valence-electron chi connectivity index (χ0n) is 13.2. The van der Waals surface area contributed by atoms with Crippen LogP contribution < -0.4 is 5.73 Å². The fraction of sp³-hybridized carbons (Fsp3) is 1.00. The van der Waals surface area contributed by atoms with Gasteiger partial charge in [0.25, 0.3) is 0 Å². The van der Waals surface area contributed by atoms with Gasteiger partial charge in [0.2, 0.25) is 0 Å². The molecule has 0 amide bonds. The zero-order chi connectivity index (χ0) is 14.1. The van der Waals surface area contributed by atoms with Gasteiger partial charge in [0.1, 0.15) is 0 Å². The summed E-state index contributed by atoms with van der Waals surface area (Å²) in [6, 6.07) is 0. The van der Waals surface area contributed by atoms with Gasteiger partial charge in [-0.3, -0.25) is 4.90 Å². The zero-order valence-corrected chi connectivity index (χ0v) is 14.1. The molecule has 1 saturated heterocycles. The van der Waals surface area contributed by atoms with Crippen LogP contribution in [-0.4, -0.2) is 40.6 Å². The summed E-state index contributed by atoms with van der Waals surface area (Å²) in [4.78, 5) is 2.76. The molecular weight excluding hydrogens is 252 g/mol. The van der Waals surface area contributed by atoms with E-state index in [0.29, 0.717) is 4.75 Å². The van der Waals surface area contributed by atoms with Crippen LogP contribution in [0.25, 0.3) is 0 Å². The summed E-state index contributed by atoms with van der Waals surface area (Å²) >= 11 is 2.14. The molecule has 19 heavy (non-hydrogen) atoms. The lowest BCUT2D eigenvalue weighted by atomic mass is 9.69. The average molecular weight is 285 g/mol. The van der Waals surface area contributed by atoms with E-state index < -0.39 is 0 Å². The van der Waals surface area contributed by atoms with Gasteiger partial charge in [-0.25, -0.2) is 0 Å².